The Bertz CT molecular complexity index is 670. The molecule has 6 nitrogen and oxygen atoms in total. The van der Waals surface area contributed by atoms with Gasteiger partial charge in [-0.2, -0.15) is 5.10 Å². The van der Waals surface area contributed by atoms with E-state index in [1.807, 2.05) is 36.9 Å². The van der Waals surface area contributed by atoms with Gasteiger partial charge in [0.1, 0.15) is 17.4 Å². The highest BCUT2D eigenvalue weighted by atomic mass is 35.5. The molecule has 0 aliphatic heterocycles. The quantitative estimate of drug-likeness (QED) is 0.815. The molecule has 2 aromatic heterocycles. The molecule has 2 aromatic rings. The third kappa shape index (κ3) is 2.52. The van der Waals surface area contributed by atoms with Gasteiger partial charge in [-0.15, -0.1) is 11.6 Å². The van der Waals surface area contributed by atoms with Crippen molar-refractivity contribution in [3.05, 3.63) is 11.5 Å². The van der Waals surface area contributed by atoms with E-state index in [2.05, 4.69) is 10.1 Å². The zero-order valence-corrected chi connectivity index (χ0v) is 14.1. The first-order chi connectivity index (χ1) is 9.79. The highest BCUT2D eigenvalue weighted by Crippen LogP contribution is 2.30. The molecule has 2 heterocycles. The molecule has 0 spiro atoms. The number of amides is 1. The monoisotopic (exact) mass is 311 g/mol. The Hall–Kier alpha value is -1.56. The van der Waals surface area contributed by atoms with E-state index in [1.54, 1.807) is 19.0 Å². The summed E-state index contributed by atoms with van der Waals surface area (Å²) in [4.78, 5) is 18.6. The average molecular weight is 312 g/mol. The van der Waals surface area contributed by atoms with Crippen LogP contribution in [0.4, 0.5) is 0 Å². The topological polar surface area (TPSA) is 56.0 Å². The predicted molar refractivity (Wildman–Crippen MR) is 83.6 cm³/mol. The van der Waals surface area contributed by atoms with E-state index < -0.39 is 0 Å². The first-order valence-corrected chi connectivity index (χ1v) is 7.53. The predicted octanol–water partition coefficient (Wildman–Crippen LogP) is 2.51. The summed E-state index contributed by atoms with van der Waals surface area (Å²) in [5.74, 6) is 0.714. The number of carbonyl (C=O) groups is 1. The lowest BCUT2D eigenvalue weighted by Crippen LogP contribution is -2.31. The Labute approximate surface area is 129 Å². The van der Waals surface area contributed by atoms with Crippen LogP contribution in [-0.2, 0) is 11.3 Å². The van der Waals surface area contributed by atoms with Crippen LogP contribution in [0.5, 0.6) is 0 Å². The molecule has 0 saturated carbocycles. The summed E-state index contributed by atoms with van der Waals surface area (Å²) < 4.78 is 3.79. The number of carbonyl (C=O) groups excluding carboxylic acids is 1. The molecule has 1 amide bonds. The smallest absolute Gasteiger partial charge is 0.244 e. The maximum absolute atomic E-state index is 12.4. The first kappa shape index (κ1) is 15.8. The van der Waals surface area contributed by atoms with Gasteiger partial charge in [-0.05, 0) is 27.7 Å². The standard InChI is InChI=1S/C14H22ClN5O/c1-7-19-13-11(9(3)17-19)16-12(8(2)15)20(13)10(4)14(21)18(5)6/h8,10H,7H2,1-6H3. The molecular weight excluding hydrogens is 290 g/mol. The number of alkyl halides is 1. The molecule has 2 rings (SSSR count). The van der Waals surface area contributed by atoms with Gasteiger partial charge in [-0.25, -0.2) is 9.67 Å². The van der Waals surface area contributed by atoms with Gasteiger partial charge in [0.2, 0.25) is 5.91 Å². The number of nitrogens with zero attached hydrogens (tertiary/aromatic N) is 5. The molecule has 7 heteroatoms. The Morgan fingerprint density at radius 2 is 2.00 bits per heavy atom. The van der Waals surface area contributed by atoms with Crippen LogP contribution in [0.2, 0.25) is 0 Å². The number of hydrogen-bond donors (Lipinski definition) is 0. The van der Waals surface area contributed by atoms with Crippen LogP contribution < -0.4 is 0 Å². The van der Waals surface area contributed by atoms with Gasteiger partial charge in [0.05, 0.1) is 11.1 Å². The van der Waals surface area contributed by atoms with E-state index in [0.29, 0.717) is 5.82 Å². The third-order valence-electron chi connectivity index (χ3n) is 3.61. The lowest BCUT2D eigenvalue weighted by molar-refractivity contribution is -0.131. The number of imidazole rings is 1. The summed E-state index contributed by atoms with van der Waals surface area (Å²) in [5, 5.41) is 4.20. The Morgan fingerprint density at radius 1 is 1.38 bits per heavy atom. The zero-order valence-electron chi connectivity index (χ0n) is 13.4. The van der Waals surface area contributed by atoms with E-state index in [-0.39, 0.29) is 17.3 Å². The molecule has 0 N–H and O–H groups in total. The largest absolute Gasteiger partial charge is 0.347 e. The van der Waals surface area contributed by atoms with E-state index >= 15 is 0 Å². The van der Waals surface area contributed by atoms with E-state index in [9.17, 15) is 4.79 Å². The van der Waals surface area contributed by atoms with Crippen molar-refractivity contribution in [1.29, 1.82) is 0 Å². The number of likely N-dealkylation sites (N-methyl/N-ethyl adjacent to an activating group) is 1. The van der Waals surface area contributed by atoms with Crippen LogP contribution in [0.25, 0.3) is 11.2 Å². The number of fused-ring (bicyclic) bond motifs is 1. The van der Waals surface area contributed by atoms with E-state index in [1.165, 1.54) is 0 Å². The van der Waals surface area contributed by atoms with E-state index in [4.69, 9.17) is 11.6 Å². The van der Waals surface area contributed by atoms with Crippen molar-refractivity contribution < 1.29 is 4.79 Å². The Morgan fingerprint density at radius 3 is 2.48 bits per heavy atom. The third-order valence-corrected chi connectivity index (χ3v) is 3.81. The molecule has 2 atom stereocenters. The number of hydrogen-bond acceptors (Lipinski definition) is 3. The van der Waals surface area contributed by atoms with Crippen LogP contribution in [-0.4, -0.2) is 44.2 Å². The molecule has 21 heavy (non-hydrogen) atoms. The van der Waals surface area contributed by atoms with Gasteiger partial charge in [0.25, 0.3) is 0 Å². The second-order valence-corrected chi connectivity index (χ2v) is 6.09. The highest BCUT2D eigenvalue weighted by Gasteiger charge is 2.27. The maximum atomic E-state index is 12.4. The number of aryl methyl sites for hydroxylation is 2. The minimum atomic E-state index is -0.373. The summed E-state index contributed by atoms with van der Waals surface area (Å²) in [5.41, 5.74) is 2.53. The highest BCUT2D eigenvalue weighted by molar-refractivity contribution is 6.20. The minimum absolute atomic E-state index is 0.00868. The van der Waals surface area contributed by atoms with Gasteiger partial charge in [0, 0.05) is 20.6 Å². The van der Waals surface area contributed by atoms with Crippen LogP contribution in [0.3, 0.4) is 0 Å². The molecule has 0 saturated heterocycles. The lowest BCUT2D eigenvalue weighted by atomic mass is 10.2. The number of rotatable bonds is 4. The normalized spacial score (nSPS) is 14.4. The second kappa shape index (κ2) is 5.67. The van der Waals surface area contributed by atoms with Crippen molar-refractivity contribution in [1.82, 2.24) is 24.2 Å². The maximum Gasteiger partial charge on any atom is 0.244 e. The molecule has 0 aliphatic rings. The van der Waals surface area contributed by atoms with Crippen LogP contribution >= 0.6 is 11.6 Å². The summed E-state index contributed by atoms with van der Waals surface area (Å²) in [6, 6.07) is -0.373. The molecule has 2 unspecified atom stereocenters. The second-order valence-electron chi connectivity index (χ2n) is 5.44. The molecule has 0 bridgehead atoms. The lowest BCUT2D eigenvalue weighted by Gasteiger charge is -2.21. The van der Waals surface area contributed by atoms with Crippen molar-refractivity contribution in [3.63, 3.8) is 0 Å². The van der Waals surface area contributed by atoms with Crippen molar-refractivity contribution in [2.45, 2.75) is 45.7 Å². The Kier molecular flexibility index (Phi) is 4.27. The van der Waals surface area contributed by atoms with Crippen LogP contribution in [0, 0.1) is 6.92 Å². The minimum Gasteiger partial charge on any atom is -0.347 e. The molecule has 0 aliphatic carbocycles. The Balaban J connectivity index is 2.74. The fraction of sp³-hybridized carbons (Fsp3) is 0.643. The number of halogens is 1. The summed E-state index contributed by atoms with van der Waals surface area (Å²) in [7, 11) is 3.50. The van der Waals surface area contributed by atoms with Crippen molar-refractivity contribution in [2.24, 2.45) is 0 Å². The molecule has 0 fully saturated rings. The molecule has 0 radical (unpaired) electrons. The van der Waals surface area contributed by atoms with Gasteiger partial charge < -0.3 is 4.90 Å². The van der Waals surface area contributed by atoms with Crippen molar-refractivity contribution >= 4 is 28.7 Å². The first-order valence-electron chi connectivity index (χ1n) is 7.10. The van der Waals surface area contributed by atoms with Gasteiger partial charge in [-0.1, -0.05) is 0 Å². The fourth-order valence-corrected chi connectivity index (χ4v) is 2.73. The summed E-state index contributed by atoms with van der Waals surface area (Å²) in [6.07, 6.45) is 0. The fourth-order valence-electron chi connectivity index (χ4n) is 2.57. The average Bonchev–Trinajstić information content (AvgIpc) is 2.95. The summed E-state index contributed by atoms with van der Waals surface area (Å²) in [6.45, 7) is 8.40. The van der Waals surface area contributed by atoms with Crippen LogP contribution in [0.15, 0.2) is 0 Å². The van der Waals surface area contributed by atoms with Crippen molar-refractivity contribution in [2.75, 3.05) is 14.1 Å². The van der Waals surface area contributed by atoms with Gasteiger partial charge >= 0.3 is 0 Å². The SMILES string of the molecule is CCn1nc(C)c2nc(C(C)Cl)n(C(C)C(=O)N(C)C)c21. The van der Waals surface area contributed by atoms with Gasteiger partial charge in [0.15, 0.2) is 5.65 Å². The molecule has 0 aromatic carbocycles. The van der Waals surface area contributed by atoms with Crippen LogP contribution in [0.1, 0.15) is 43.7 Å². The molecular formula is C14H22ClN5O. The van der Waals surface area contributed by atoms with Crippen molar-refractivity contribution in [3.8, 4) is 0 Å². The molecule has 116 valence electrons. The van der Waals surface area contributed by atoms with E-state index in [0.717, 1.165) is 23.4 Å². The van der Waals surface area contributed by atoms with Gasteiger partial charge in [-0.3, -0.25) is 9.36 Å². The number of aromatic nitrogens is 4. The summed E-state index contributed by atoms with van der Waals surface area (Å²) >= 11 is 6.28. The zero-order chi connectivity index (χ0) is 15.9.